The number of thioether (sulfide) groups is 2. The van der Waals surface area contributed by atoms with E-state index in [2.05, 4.69) is 60.0 Å². The molecule has 1 aliphatic heterocycles. The zero-order valence-electron chi connectivity index (χ0n) is 17.5. The molecule has 1 N–H and O–H groups in total. The largest absolute Gasteiger partial charge is 0.216 e. The Kier molecular flexibility index (Phi) is 7.62. The lowest BCUT2D eigenvalue weighted by Gasteiger charge is -2.47. The van der Waals surface area contributed by atoms with Crippen LogP contribution in [0.5, 0.6) is 0 Å². The van der Waals surface area contributed by atoms with Crippen molar-refractivity contribution in [3.05, 3.63) is 35.9 Å². The van der Waals surface area contributed by atoms with Gasteiger partial charge in [0.2, 0.25) is 10.0 Å². The summed E-state index contributed by atoms with van der Waals surface area (Å²) < 4.78 is 28.3. The van der Waals surface area contributed by atoms with E-state index in [1.54, 1.807) is 20.8 Å². The molecule has 0 amide bonds. The van der Waals surface area contributed by atoms with Crippen LogP contribution < -0.4 is 4.72 Å². The number of nitrogens with one attached hydrogen (secondary N) is 1. The molecule has 1 aromatic rings. The Morgan fingerprint density at radius 3 is 2.15 bits per heavy atom. The summed E-state index contributed by atoms with van der Waals surface area (Å²) in [5.74, 6) is 2.36. The van der Waals surface area contributed by atoms with Gasteiger partial charge in [-0.1, -0.05) is 50.0 Å². The van der Waals surface area contributed by atoms with Gasteiger partial charge in [-0.3, -0.25) is 0 Å². The molecular formula is C20H35NO2S3Si. The highest BCUT2D eigenvalue weighted by Crippen LogP contribution is 2.51. The zero-order chi connectivity index (χ0) is 20.3. The Bertz CT molecular complexity index is 703. The molecule has 7 heteroatoms. The number of benzene rings is 1. The van der Waals surface area contributed by atoms with Gasteiger partial charge in [-0.2, -0.15) is 0 Å². The lowest BCUT2D eigenvalue weighted by atomic mass is 10.0. The molecule has 1 fully saturated rings. The summed E-state index contributed by atoms with van der Waals surface area (Å²) in [5, 5.41) is 0. The minimum atomic E-state index is -3.39. The zero-order valence-corrected chi connectivity index (χ0v) is 21.0. The number of hydrogen-bond acceptors (Lipinski definition) is 4. The highest BCUT2D eigenvalue weighted by atomic mass is 32.2. The van der Waals surface area contributed by atoms with Crippen LogP contribution in [0.4, 0.5) is 0 Å². The maximum atomic E-state index is 12.9. The Hall–Kier alpha value is 0.0469. The summed E-state index contributed by atoms with van der Waals surface area (Å²) >= 11 is 4.16. The topological polar surface area (TPSA) is 46.2 Å². The van der Waals surface area contributed by atoms with E-state index in [-0.39, 0.29) is 9.74 Å². The van der Waals surface area contributed by atoms with Crippen LogP contribution in [-0.4, -0.2) is 42.5 Å². The number of sulfonamides is 1. The molecule has 0 bridgehead atoms. The molecule has 1 saturated heterocycles. The van der Waals surface area contributed by atoms with E-state index in [0.717, 1.165) is 12.8 Å². The Morgan fingerprint density at radius 1 is 1.11 bits per heavy atom. The first kappa shape index (κ1) is 23.3. The Balaban J connectivity index is 2.33. The second kappa shape index (κ2) is 8.82. The molecule has 0 radical (unpaired) electrons. The molecule has 0 aromatic heterocycles. The summed E-state index contributed by atoms with van der Waals surface area (Å²) in [6.07, 6.45) is 2.88. The van der Waals surface area contributed by atoms with Gasteiger partial charge in [-0.05, 0) is 57.1 Å². The smallest absolute Gasteiger partial charge is 0.212 e. The van der Waals surface area contributed by atoms with Crippen molar-refractivity contribution in [3.63, 3.8) is 0 Å². The minimum absolute atomic E-state index is 0.0820. The monoisotopic (exact) mass is 445 g/mol. The average Bonchev–Trinajstić information content (AvgIpc) is 2.54. The quantitative estimate of drug-likeness (QED) is 0.590. The summed E-state index contributed by atoms with van der Waals surface area (Å²) in [6, 6.07) is 10.2. The predicted molar refractivity (Wildman–Crippen MR) is 126 cm³/mol. The maximum Gasteiger partial charge on any atom is 0.216 e. The van der Waals surface area contributed by atoms with Crippen LogP contribution in [-0.2, 0) is 16.4 Å². The van der Waals surface area contributed by atoms with Gasteiger partial charge in [0.25, 0.3) is 0 Å². The van der Waals surface area contributed by atoms with E-state index in [1.165, 1.54) is 23.5 Å². The lowest BCUT2D eigenvalue weighted by Crippen LogP contribution is -2.54. The molecule has 1 heterocycles. The van der Waals surface area contributed by atoms with Crippen molar-refractivity contribution in [2.45, 2.75) is 74.2 Å². The van der Waals surface area contributed by atoms with Crippen LogP contribution in [0.2, 0.25) is 19.6 Å². The van der Waals surface area contributed by atoms with Gasteiger partial charge >= 0.3 is 0 Å². The fraction of sp³-hybridized carbons (Fsp3) is 0.700. The first-order chi connectivity index (χ1) is 12.4. The molecule has 0 saturated carbocycles. The minimum Gasteiger partial charge on any atom is -0.212 e. The van der Waals surface area contributed by atoms with Crippen molar-refractivity contribution < 1.29 is 8.42 Å². The predicted octanol–water partition coefficient (Wildman–Crippen LogP) is 5.15. The van der Waals surface area contributed by atoms with Gasteiger partial charge < -0.3 is 0 Å². The van der Waals surface area contributed by atoms with Crippen LogP contribution in [0.15, 0.2) is 30.3 Å². The summed E-state index contributed by atoms with van der Waals surface area (Å²) in [7, 11) is -4.91. The van der Waals surface area contributed by atoms with Crippen LogP contribution in [0.3, 0.4) is 0 Å². The molecule has 0 spiro atoms. The van der Waals surface area contributed by atoms with Gasteiger partial charge in [-0.25, -0.2) is 13.1 Å². The van der Waals surface area contributed by atoms with Crippen LogP contribution >= 0.6 is 23.5 Å². The molecule has 3 nitrogen and oxygen atoms in total. The van der Waals surface area contributed by atoms with Crippen LogP contribution in [0.25, 0.3) is 0 Å². The van der Waals surface area contributed by atoms with E-state index >= 15 is 0 Å². The third-order valence-corrected chi connectivity index (χ3v) is 17.3. The van der Waals surface area contributed by atoms with Crippen LogP contribution in [0, 0.1) is 0 Å². The Labute approximate surface area is 175 Å². The van der Waals surface area contributed by atoms with Crippen LogP contribution in [0.1, 0.15) is 39.2 Å². The number of rotatable bonds is 7. The summed E-state index contributed by atoms with van der Waals surface area (Å²) in [6.45, 7) is 12.6. The molecular weight excluding hydrogens is 411 g/mol. The van der Waals surface area contributed by atoms with Crippen molar-refractivity contribution >= 4 is 41.6 Å². The van der Waals surface area contributed by atoms with Crippen molar-refractivity contribution in [2.75, 3.05) is 11.5 Å². The van der Waals surface area contributed by atoms with Crippen molar-refractivity contribution in [1.82, 2.24) is 4.72 Å². The highest BCUT2D eigenvalue weighted by Gasteiger charge is 2.47. The van der Waals surface area contributed by atoms with E-state index in [4.69, 9.17) is 0 Å². The van der Waals surface area contributed by atoms with Crippen molar-refractivity contribution in [2.24, 2.45) is 0 Å². The van der Waals surface area contributed by atoms with Gasteiger partial charge in [0, 0.05) is 6.04 Å². The SMILES string of the molecule is CC(C)(C)S(=O)(=O)N[C@H](Cc1ccccc1)CC1([Si](C)(C)C)SCCCS1. The van der Waals surface area contributed by atoms with Gasteiger partial charge in [-0.15, -0.1) is 23.5 Å². The average molecular weight is 446 g/mol. The van der Waals surface area contributed by atoms with Gasteiger partial charge in [0.15, 0.2) is 0 Å². The van der Waals surface area contributed by atoms with E-state index in [1.807, 2.05) is 18.2 Å². The lowest BCUT2D eigenvalue weighted by molar-refractivity contribution is 0.503. The molecule has 0 unspecified atom stereocenters. The first-order valence-corrected chi connectivity index (χ1v) is 16.7. The van der Waals surface area contributed by atoms with Crippen molar-refractivity contribution in [3.8, 4) is 0 Å². The highest BCUT2D eigenvalue weighted by molar-refractivity contribution is 8.21. The molecule has 27 heavy (non-hydrogen) atoms. The Morgan fingerprint density at radius 2 is 1.67 bits per heavy atom. The van der Waals surface area contributed by atoms with Gasteiger partial charge in [0.1, 0.15) is 0 Å². The normalized spacial score (nSPS) is 19.6. The summed E-state index contributed by atoms with van der Waals surface area (Å²) in [4.78, 5) is 0. The molecule has 2 rings (SSSR count). The fourth-order valence-corrected chi connectivity index (χ4v) is 12.0. The van der Waals surface area contributed by atoms with Crippen molar-refractivity contribution in [1.29, 1.82) is 0 Å². The third kappa shape index (κ3) is 6.01. The summed E-state index contributed by atoms with van der Waals surface area (Å²) in [5.41, 5.74) is 1.19. The molecule has 0 aliphatic carbocycles. The number of hydrogen-bond donors (Lipinski definition) is 1. The third-order valence-electron chi connectivity index (χ3n) is 5.07. The first-order valence-electron chi connectivity index (χ1n) is 9.70. The van der Waals surface area contributed by atoms with E-state index in [0.29, 0.717) is 0 Å². The van der Waals surface area contributed by atoms with E-state index in [9.17, 15) is 8.42 Å². The molecule has 1 atom stereocenters. The van der Waals surface area contributed by atoms with E-state index < -0.39 is 22.8 Å². The second-order valence-electron chi connectivity index (χ2n) is 9.38. The van der Waals surface area contributed by atoms with Gasteiger partial charge in [0.05, 0.1) is 16.5 Å². The fourth-order valence-electron chi connectivity index (χ4n) is 3.21. The molecule has 1 aromatic carbocycles. The second-order valence-corrected chi connectivity index (χ2v) is 21.0. The molecule has 1 aliphatic rings. The maximum absolute atomic E-state index is 12.9. The standard InChI is InChI=1S/C20H35NO2S3Si/c1-19(2,3)26(22,23)21-18(15-17-11-8-7-9-12-17)16-20(27(4,5)6)24-13-10-14-25-20/h7-9,11-12,18,21H,10,13-16H2,1-6H3/t18-/m1/s1. The molecule has 154 valence electrons.